The Hall–Kier alpha value is 0.290. The summed E-state index contributed by atoms with van der Waals surface area (Å²) in [6.45, 7) is 0. The van der Waals surface area contributed by atoms with Crippen molar-refractivity contribution in [1.82, 2.24) is 9.55 Å². The first-order chi connectivity index (χ1) is 4.95. The van der Waals surface area contributed by atoms with Crippen LogP contribution in [0.4, 0.5) is 0 Å². The van der Waals surface area contributed by atoms with E-state index in [1.165, 1.54) is 9.58 Å². The zero-order valence-corrected chi connectivity index (χ0v) is 8.17. The summed E-state index contributed by atoms with van der Waals surface area (Å²) in [6.07, 6.45) is 4.05. The fourth-order valence-electron chi connectivity index (χ4n) is 1.30. The number of aromatic nitrogens is 2. The van der Waals surface area contributed by atoms with E-state index < -0.39 is 0 Å². The van der Waals surface area contributed by atoms with E-state index in [1.54, 1.807) is 0 Å². The van der Waals surface area contributed by atoms with E-state index in [4.69, 9.17) is 0 Å². The monoisotopic (exact) mass is 265 g/mol. The maximum absolute atomic E-state index is 4.28. The number of rotatable bonds is 0. The van der Waals surface area contributed by atoms with Crippen LogP contribution in [-0.2, 0) is 0 Å². The van der Waals surface area contributed by atoms with Crippen LogP contribution >= 0.6 is 11.8 Å². The molecular weight excluding hydrogens is 259 g/mol. The van der Waals surface area contributed by atoms with E-state index >= 15 is 0 Å². The molecule has 54 valence electrons. The van der Waals surface area contributed by atoms with Crippen molar-refractivity contribution in [1.29, 1.82) is 0 Å². The fraction of sp³-hybridized carbons (Fsp3) is 0.500. The minimum absolute atomic E-state index is 0.487. The van der Waals surface area contributed by atoms with Crippen molar-refractivity contribution in [2.24, 2.45) is 0 Å². The first kappa shape index (κ1) is 5.88. The van der Waals surface area contributed by atoms with Gasteiger partial charge in [0.15, 0.2) is 0 Å². The van der Waals surface area contributed by atoms with Gasteiger partial charge >= 0.3 is 73.8 Å². The summed E-state index contributed by atoms with van der Waals surface area (Å²) in [5, 5.41) is 2.17. The normalized spacial score (nSPS) is 35.6. The number of imidazole rings is 1. The SMILES string of the molecule is c1cn2c(n1)S[C@H]1C[I-]C12. The third-order valence-electron chi connectivity index (χ3n) is 1.86. The molecule has 2 nitrogen and oxygen atoms in total. The molecule has 0 bridgehead atoms. The first-order valence-corrected chi connectivity index (χ1v) is 6.87. The van der Waals surface area contributed by atoms with E-state index in [-0.39, 0.29) is 0 Å². The molecule has 1 aromatic rings. The van der Waals surface area contributed by atoms with Gasteiger partial charge in [-0.3, -0.25) is 0 Å². The Morgan fingerprint density at radius 3 is 3.60 bits per heavy atom. The molecule has 4 heteroatoms. The Kier molecular flexibility index (Phi) is 1.12. The third kappa shape index (κ3) is 0.592. The standard InChI is InChI=1S/C6H6IN2S/c1-2-9-5-4(3-7-5)10-6(9)8-1/h1-2,4-5H,3H2/q-1/t4-,5?/m0/s1. The molecule has 2 aliphatic heterocycles. The quantitative estimate of drug-likeness (QED) is 0.397. The van der Waals surface area contributed by atoms with E-state index in [0.29, 0.717) is 21.2 Å². The van der Waals surface area contributed by atoms with E-state index in [0.717, 1.165) is 9.30 Å². The predicted octanol–water partition coefficient (Wildman–Crippen LogP) is -2.04. The zero-order chi connectivity index (χ0) is 6.55. The fourth-order valence-corrected chi connectivity index (χ4v) is 6.69. The summed E-state index contributed by atoms with van der Waals surface area (Å²) in [5.41, 5.74) is 0. The van der Waals surface area contributed by atoms with Crippen LogP contribution in [0, 0.1) is 0 Å². The van der Waals surface area contributed by atoms with Crippen molar-refractivity contribution >= 4 is 11.8 Å². The molecule has 1 fully saturated rings. The Labute approximate surface area is 73.7 Å². The van der Waals surface area contributed by atoms with Crippen LogP contribution in [0.2, 0.25) is 0 Å². The summed E-state index contributed by atoms with van der Waals surface area (Å²) in [5.74, 6) is 0. The molecule has 2 aliphatic rings. The molecule has 2 atom stereocenters. The second kappa shape index (κ2) is 1.91. The van der Waals surface area contributed by atoms with Crippen molar-refractivity contribution in [3.05, 3.63) is 12.4 Å². The van der Waals surface area contributed by atoms with Gasteiger partial charge in [-0.15, -0.1) is 0 Å². The molecule has 0 aromatic carbocycles. The second-order valence-electron chi connectivity index (χ2n) is 2.45. The molecule has 3 rings (SSSR count). The van der Waals surface area contributed by atoms with Crippen molar-refractivity contribution in [2.45, 2.75) is 14.5 Å². The van der Waals surface area contributed by atoms with Gasteiger partial charge in [-0.25, -0.2) is 0 Å². The van der Waals surface area contributed by atoms with Gasteiger partial charge in [0.1, 0.15) is 0 Å². The molecule has 0 spiro atoms. The maximum atomic E-state index is 4.28. The molecule has 0 N–H and O–H groups in total. The molecular formula is C6H6IN2S-. The molecule has 10 heavy (non-hydrogen) atoms. The topological polar surface area (TPSA) is 17.8 Å². The minimum atomic E-state index is 0.487. The average molecular weight is 265 g/mol. The molecule has 0 saturated carbocycles. The predicted molar refractivity (Wildman–Crippen MR) is 35.8 cm³/mol. The van der Waals surface area contributed by atoms with Crippen molar-refractivity contribution in [2.75, 3.05) is 4.43 Å². The number of nitrogens with zero attached hydrogens (tertiary/aromatic N) is 2. The van der Waals surface area contributed by atoms with E-state index in [9.17, 15) is 0 Å². The van der Waals surface area contributed by atoms with Crippen LogP contribution in [0.25, 0.3) is 0 Å². The van der Waals surface area contributed by atoms with Gasteiger partial charge < -0.3 is 0 Å². The van der Waals surface area contributed by atoms with Crippen LogP contribution in [0.1, 0.15) is 4.05 Å². The molecule has 1 unspecified atom stereocenters. The summed E-state index contributed by atoms with van der Waals surface area (Å²) in [4.78, 5) is 4.28. The number of alkyl halides is 2. The van der Waals surface area contributed by atoms with E-state index in [2.05, 4.69) is 15.7 Å². The number of hydrogen-bond donors (Lipinski definition) is 0. The first-order valence-electron chi connectivity index (χ1n) is 3.22. The Morgan fingerprint density at radius 2 is 2.80 bits per heavy atom. The van der Waals surface area contributed by atoms with Crippen LogP contribution in [0.5, 0.6) is 0 Å². The summed E-state index contributed by atoms with van der Waals surface area (Å²) < 4.78 is 4.77. The number of hydrogen-bond acceptors (Lipinski definition) is 2. The Balaban J connectivity index is 2.13. The molecule has 0 amide bonds. The van der Waals surface area contributed by atoms with Gasteiger partial charge in [0.2, 0.25) is 0 Å². The number of thioether (sulfide) groups is 1. The Morgan fingerprint density at radius 1 is 1.80 bits per heavy atom. The summed E-state index contributed by atoms with van der Waals surface area (Å²) in [6, 6.07) is 0. The van der Waals surface area contributed by atoms with Crippen LogP contribution in [-0.4, -0.2) is 19.2 Å². The van der Waals surface area contributed by atoms with Gasteiger partial charge in [-0.05, 0) is 0 Å². The van der Waals surface area contributed by atoms with Gasteiger partial charge in [0.05, 0.1) is 0 Å². The Bertz CT molecular complexity index is 272. The molecule has 3 heterocycles. The van der Waals surface area contributed by atoms with Crippen LogP contribution < -0.4 is 21.2 Å². The summed E-state index contributed by atoms with van der Waals surface area (Å²) in [7, 11) is 0. The van der Waals surface area contributed by atoms with E-state index in [1.807, 2.05) is 18.0 Å². The second-order valence-corrected chi connectivity index (χ2v) is 6.70. The third-order valence-corrected chi connectivity index (χ3v) is 8.03. The van der Waals surface area contributed by atoms with Gasteiger partial charge in [-0.2, -0.15) is 0 Å². The van der Waals surface area contributed by atoms with Crippen molar-refractivity contribution in [3.8, 4) is 0 Å². The molecule has 0 aliphatic carbocycles. The van der Waals surface area contributed by atoms with Gasteiger partial charge in [-0.1, -0.05) is 0 Å². The van der Waals surface area contributed by atoms with Crippen molar-refractivity contribution in [3.63, 3.8) is 0 Å². The van der Waals surface area contributed by atoms with Crippen LogP contribution in [0.3, 0.4) is 0 Å². The molecule has 1 aromatic heterocycles. The van der Waals surface area contributed by atoms with Gasteiger partial charge in [0.25, 0.3) is 0 Å². The number of halogens is 1. The number of fused-ring (bicyclic) bond motifs is 3. The zero-order valence-electron chi connectivity index (χ0n) is 5.20. The summed E-state index contributed by atoms with van der Waals surface area (Å²) >= 11 is 2.46. The van der Waals surface area contributed by atoms with Crippen molar-refractivity contribution < 1.29 is 21.2 Å². The average Bonchev–Trinajstić information content (AvgIpc) is 2.35. The molecule has 1 saturated heterocycles. The van der Waals surface area contributed by atoms with Gasteiger partial charge in [0, 0.05) is 0 Å². The van der Waals surface area contributed by atoms with Crippen LogP contribution in [0.15, 0.2) is 17.6 Å². The molecule has 0 radical (unpaired) electrons.